The molecule has 19 heavy (non-hydrogen) atoms. The molecule has 100 valence electrons. The molecule has 0 amide bonds. The average Bonchev–Trinajstić information content (AvgIpc) is 2.81. The maximum atomic E-state index is 11.3. The SMILES string of the molecule is O=C(O)C(NCCc1ccc(Br)s1)c1ccccc1. The molecule has 0 saturated heterocycles. The molecule has 0 fully saturated rings. The molecule has 0 aliphatic heterocycles. The van der Waals surface area contributed by atoms with Crippen LogP contribution in [0.25, 0.3) is 0 Å². The Bertz CT molecular complexity index is 541. The van der Waals surface area contributed by atoms with Crippen LogP contribution in [0.15, 0.2) is 46.3 Å². The molecule has 0 spiro atoms. The van der Waals surface area contributed by atoms with Gasteiger partial charge in [0.25, 0.3) is 0 Å². The first-order chi connectivity index (χ1) is 9.16. The van der Waals surface area contributed by atoms with Crippen molar-refractivity contribution in [2.75, 3.05) is 6.54 Å². The minimum atomic E-state index is -0.849. The van der Waals surface area contributed by atoms with Crippen molar-refractivity contribution in [1.82, 2.24) is 5.32 Å². The molecule has 1 heterocycles. The molecular weight excluding hydrogens is 326 g/mol. The number of carboxylic acids is 1. The predicted molar refractivity (Wildman–Crippen MR) is 80.5 cm³/mol. The van der Waals surface area contributed by atoms with Crippen LogP contribution < -0.4 is 5.32 Å². The van der Waals surface area contributed by atoms with Gasteiger partial charge in [0.15, 0.2) is 0 Å². The van der Waals surface area contributed by atoms with Gasteiger partial charge >= 0.3 is 5.97 Å². The summed E-state index contributed by atoms with van der Waals surface area (Å²) in [6.07, 6.45) is 0.826. The van der Waals surface area contributed by atoms with E-state index < -0.39 is 12.0 Å². The molecule has 1 aromatic carbocycles. The van der Waals surface area contributed by atoms with Crippen LogP contribution >= 0.6 is 27.3 Å². The van der Waals surface area contributed by atoms with Gasteiger partial charge in [-0.1, -0.05) is 30.3 Å². The summed E-state index contributed by atoms with van der Waals surface area (Å²) in [5, 5.41) is 12.3. The van der Waals surface area contributed by atoms with Crippen molar-refractivity contribution in [3.05, 3.63) is 56.7 Å². The number of rotatable bonds is 6. The highest BCUT2D eigenvalue weighted by atomic mass is 79.9. The van der Waals surface area contributed by atoms with E-state index in [0.29, 0.717) is 6.54 Å². The van der Waals surface area contributed by atoms with Crippen LogP contribution in [0.5, 0.6) is 0 Å². The van der Waals surface area contributed by atoms with Gasteiger partial charge in [-0.05, 0) is 40.0 Å². The fraction of sp³-hybridized carbons (Fsp3) is 0.214. The fourth-order valence-corrected chi connectivity index (χ4v) is 3.30. The number of hydrogen-bond acceptors (Lipinski definition) is 3. The van der Waals surface area contributed by atoms with Gasteiger partial charge in [-0.25, -0.2) is 0 Å². The number of hydrogen-bond donors (Lipinski definition) is 2. The standard InChI is InChI=1S/C14H14BrNO2S/c15-12-7-6-11(19-12)8-9-16-13(14(17)18)10-4-2-1-3-5-10/h1-7,13,16H,8-9H2,(H,17,18). The zero-order valence-electron chi connectivity index (χ0n) is 10.2. The third-order valence-electron chi connectivity index (χ3n) is 2.73. The van der Waals surface area contributed by atoms with E-state index in [-0.39, 0.29) is 0 Å². The van der Waals surface area contributed by atoms with E-state index >= 15 is 0 Å². The Morgan fingerprint density at radius 3 is 2.58 bits per heavy atom. The molecule has 0 aliphatic carbocycles. The van der Waals surface area contributed by atoms with Gasteiger partial charge in [-0.2, -0.15) is 0 Å². The Balaban J connectivity index is 1.93. The maximum absolute atomic E-state index is 11.3. The molecule has 0 radical (unpaired) electrons. The lowest BCUT2D eigenvalue weighted by Crippen LogP contribution is -2.30. The fourth-order valence-electron chi connectivity index (χ4n) is 1.82. The van der Waals surface area contributed by atoms with Gasteiger partial charge in [0.05, 0.1) is 3.79 Å². The van der Waals surface area contributed by atoms with E-state index in [0.717, 1.165) is 15.8 Å². The van der Waals surface area contributed by atoms with Crippen LogP contribution in [-0.2, 0) is 11.2 Å². The van der Waals surface area contributed by atoms with Crippen LogP contribution in [0.2, 0.25) is 0 Å². The van der Waals surface area contributed by atoms with Crippen LogP contribution in [-0.4, -0.2) is 17.6 Å². The number of thiophene rings is 1. The van der Waals surface area contributed by atoms with Gasteiger partial charge in [0.2, 0.25) is 0 Å². The molecule has 0 aliphatic rings. The van der Waals surface area contributed by atoms with Crippen molar-refractivity contribution >= 4 is 33.2 Å². The second-order valence-electron chi connectivity index (χ2n) is 4.09. The summed E-state index contributed by atoms with van der Waals surface area (Å²) >= 11 is 5.09. The highest BCUT2D eigenvalue weighted by molar-refractivity contribution is 9.11. The minimum Gasteiger partial charge on any atom is -0.480 e. The number of carboxylic acid groups (broad SMARTS) is 1. The second kappa shape index (κ2) is 6.84. The maximum Gasteiger partial charge on any atom is 0.325 e. The van der Waals surface area contributed by atoms with Crippen molar-refractivity contribution in [2.45, 2.75) is 12.5 Å². The van der Waals surface area contributed by atoms with Crippen LogP contribution in [0.3, 0.4) is 0 Å². The molecule has 1 aromatic heterocycles. The lowest BCUT2D eigenvalue weighted by atomic mass is 10.1. The van der Waals surface area contributed by atoms with Gasteiger partial charge in [-0.3, -0.25) is 4.79 Å². The second-order valence-corrected chi connectivity index (χ2v) is 6.64. The van der Waals surface area contributed by atoms with Crippen LogP contribution in [0.4, 0.5) is 0 Å². The Morgan fingerprint density at radius 2 is 2.00 bits per heavy atom. The first-order valence-corrected chi connectivity index (χ1v) is 7.53. The number of carbonyl (C=O) groups is 1. The molecular formula is C14H14BrNO2S. The minimum absolute atomic E-state index is 0.638. The first kappa shape index (κ1) is 14.2. The molecule has 3 nitrogen and oxygen atoms in total. The summed E-state index contributed by atoms with van der Waals surface area (Å²) in [5.74, 6) is -0.849. The first-order valence-electron chi connectivity index (χ1n) is 5.92. The zero-order chi connectivity index (χ0) is 13.7. The summed E-state index contributed by atoms with van der Waals surface area (Å²) in [5.41, 5.74) is 0.780. The number of aliphatic carboxylic acids is 1. The zero-order valence-corrected chi connectivity index (χ0v) is 12.6. The van der Waals surface area contributed by atoms with E-state index in [2.05, 4.69) is 27.3 Å². The van der Waals surface area contributed by atoms with E-state index in [1.807, 2.05) is 36.4 Å². The third kappa shape index (κ3) is 4.16. The van der Waals surface area contributed by atoms with E-state index in [4.69, 9.17) is 0 Å². The lowest BCUT2D eigenvalue weighted by molar-refractivity contribution is -0.139. The molecule has 2 aromatic rings. The summed E-state index contributed by atoms with van der Waals surface area (Å²) in [7, 11) is 0. The highest BCUT2D eigenvalue weighted by Gasteiger charge is 2.18. The van der Waals surface area contributed by atoms with Gasteiger partial charge in [0, 0.05) is 11.4 Å². The summed E-state index contributed by atoms with van der Waals surface area (Å²) < 4.78 is 1.10. The van der Waals surface area contributed by atoms with Crippen molar-refractivity contribution in [3.8, 4) is 0 Å². The van der Waals surface area contributed by atoms with Gasteiger partial charge in [0.1, 0.15) is 6.04 Å². The molecule has 0 bridgehead atoms. The normalized spacial score (nSPS) is 12.3. The summed E-state index contributed by atoms with van der Waals surface area (Å²) in [4.78, 5) is 12.5. The van der Waals surface area contributed by atoms with Gasteiger partial charge < -0.3 is 10.4 Å². The van der Waals surface area contributed by atoms with Crippen molar-refractivity contribution in [1.29, 1.82) is 0 Å². The third-order valence-corrected chi connectivity index (χ3v) is 4.41. The summed E-state index contributed by atoms with van der Waals surface area (Å²) in [6, 6.07) is 12.6. The molecule has 2 rings (SSSR count). The smallest absolute Gasteiger partial charge is 0.325 e. The van der Waals surface area contributed by atoms with E-state index in [1.54, 1.807) is 11.3 Å². The average molecular weight is 340 g/mol. The summed E-state index contributed by atoms with van der Waals surface area (Å²) in [6.45, 7) is 0.638. The Kier molecular flexibility index (Phi) is 5.13. The molecule has 0 saturated carbocycles. The molecule has 2 N–H and O–H groups in total. The van der Waals surface area contributed by atoms with Gasteiger partial charge in [-0.15, -0.1) is 11.3 Å². The predicted octanol–water partition coefficient (Wildman–Crippen LogP) is 3.47. The number of halogens is 1. The van der Waals surface area contributed by atoms with Crippen LogP contribution in [0.1, 0.15) is 16.5 Å². The van der Waals surface area contributed by atoms with Crippen molar-refractivity contribution in [2.24, 2.45) is 0 Å². The van der Waals surface area contributed by atoms with Crippen molar-refractivity contribution < 1.29 is 9.90 Å². The van der Waals surface area contributed by atoms with E-state index in [1.165, 1.54) is 4.88 Å². The number of nitrogens with one attached hydrogen (secondary N) is 1. The Hall–Kier alpha value is -1.17. The van der Waals surface area contributed by atoms with Crippen LogP contribution in [0, 0.1) is 0 Å². The van der Waals surface area contributed by atoms with Crippen molar-refractivity contribution in [3.63, 3.8) is 0 Å². The Labute approximate surface area is 124 Å². The highest BCUT2D eigenvalue weighted by Crippen LogP contribution is 2.22. The molecule has 5 heteroatoms. The topological polar surface area (TPSA) is 49.3 Å². The molecule has 1 atom stereocenters. The Morgan fingerprint density at radius 1 is 1.26 bits per heavy atom. The monoisotopic (exact) mass is 339 g/mol. The molecule has 1 unspecified atom stereocenters. The number of benzene rings is 1. The largest absolute Gasteiger partial charge is 0.480 e. The lowest BCUT2D eigenvalue weighted by Gasteiger charge is -2.14. The van der Waals surface area contributed by atoms with E-state index in [9.17, 15) is 9.90 Å². The quantitative estimate of drug-likeness (QED) is 0.847.